The molecule has 0 unspecified atom stereocenters. The van der Waals surface area contributed by atoms with E-state index in [1.54, 1.807) is 7.11 Å². The molecule has 5 nitrogen and oxygen atoms in total. The molecule has 1 aliphatic rings. The first-order valence-electron chi connectivity index (χ1n) is 7.81. The molecule has 1 amide bonds. The molecule has 3 rings (SSSR count). The third-order valence-corrected chi connectivity index (χ3v) is 5.06. The maximum Gasteiger partial charge on any atom is 0.226 e. The second-order valence-electron chi connectivity index (χ2n) is 5.85. The topological polar surface area (TPSA) is 77.2 Å². The van der Waals surface area contributed by atoms with E-state index in [2.05, 4.69) is 10.3 Å². The monoisotopic (exact) mass is 331 g/mol. The average Bonchev–Trinajstić information content (AvgIpc) is 3.17. The van der Waals surface area contributed by atoms with Crippen LogP contribution >= 0.6 is 11.3 Å². The maximum absolute atomic E-state index is 12.2. The fraction of sp³-hybridized carbons (Fsp3) is 0.412. The van der Waals surface area contributed by atoms with Gasteiger partial charge in [0.2, 0.25) is 5.91 Å². The van der Waals surface area contributed by atoms with Crippen molar-refractivity contribution in [1.82, 2.24) is 4.98 Å². The molecular weight excluding hydrogens is 310 g/mol. The molecule has 0 bridgehead atoms. The number of thiazole rings is 1. The van der Waals surface area contributed by atoms with Gasteiger partial charge in [0.25, 0.3) is 0 Å². The number of methoxy groups -OCH3 is 1. The van der Waals surface area contributed by atoms with Crippen LogP contribution in [0.5, 0.6) is 5.75 Å². The van der Waals surface area contributed by atoms with Gasteiger partial charge >= 0.3 is 0 Å². The van der Waals surface area contributed by atoms with Gasteiger partial charge in [-0.2, -0.15) is 0 Å². The van der Waals surface area contributed by atoms with Crippen molar-refractivity contribution in [1.29, 1.82) is 0 Å². The predicted octanol–water partition coefficient (Wildman–Crippen LogP) is 3.27. The van der Waals surface area contributed by atoms with Gasteiger partial charge in [-0.15, -0.1) is 11.3 Å². The van der Waals surface area contributed by atoms with Crippen molar-refractivity contribution in [2.45, 2.75) is 31.7 Å². The molecule has 1 saturated carbocycles. The standard InChI is InChI=1S/C17H21N3O2S/c1-22-15-8-3-2-6-12(15)14-10-23-17(19-14)20-16(21)9-11-5-4-7-13(11)18/h2-3,6,8,10-11,13H,4-5,7,9,18H2,1H3,(H,19,20,21)/t11-,13+/m0/s1. The molecule has 0 aliphatic heterocycles. The fourth-order valence-electron chi connectivity index (χ4n) is 3.04. The SMILES string of the molecule is COc1ccccc1-c1csc(NC(=O)C[C@@H]2CCC[C@H]2N)n1. The number of carbonyl (C=O) groups excluding carboxylic acids is 1. The Bertz CT molecular complexity index is 686. The van der Waals surface area contributed by atoms with Crippen molar-refractivity contribution < 1.29 is 9.53 Å². The van der Waals surface area contributed by atoms with Crippen molar-refractivity contribution in [3.05, 3.63) is 29.6 Å². The highest BCUT2D eigenvalue weighted by atomic mass is 32.1. The van der Waals surface area contributed by atoms with E-state index in [4.69, 9.17) is 10.5 Å². The Kier molecular flexibility index (Phi) is 4.93. The third-order valence-electron chi connectivity index (χ3n) is 4.30. The maximum atomic E-state index is 12.2. The molecule has 1 heterocycles. The fourth-order valence-corrected chi connectivity index (χ4v) is 3.77. The molecule has 2 aromatic rings. The molecule has 0 saturated heterocycles. The van der Waals surface area contributed by atoms with Gasteiger partial charge in [0.15, 0.2) is 5.13 Å². The van der Waals surface area contributed by atoms with Gasteiger partial charge in [0.1, 0.15) is 5.75 Å². The van der Waals surface area contributed by atoms with Crippen LogP contribution in [0.25, 0.3) is 11.3 Å². The first-order chi connectivity index (χ1) is 11.2. The molecule has 1 fully saturated rings. The van der Waals surface area contributed by atoms with Crippen LogP contribution in [-0.4, -0.2) is 24.0 Å². The number of hydrogen-bond acceptors (Lipinski definition) is 5. The van der Waals surface area contributed by atoms with Gasteiger partial charge in [-0.05, 0) is 30.9 Å². The van der Waals surface area contributed by atoms with Crippen LogP contribution in [0.3, 0.4) is 0 Å². The minimum absolute atomic E-state index is 0.00623. The quantitative estimate of drug-likeness (QED) is 0.881. The number of ether oxygens (including phenoxy) is 1. The van der Waals surface area contributed by atoms with E-state index in [1.807, 2.05) is 29.6 Å². The number of aromatic nitrogens is 1. The number of anilines is 1. The Balaban J connectivity index is 1.66. The number of amides is 1. The lowest BCUT2D eigenvalue weighted by atomic mass is 10.00. The van der Waals surface area contributed by atoms with E-state index in [0.717, 1.165) is 36.3 Å². The van der Waals surface area contributed by atoms with Crippen molar-refractivity contribution in [3.63, 3.8) is 0 Å². The van der Waals surface area contributed by atoms with Gasteiger partial charge in [0.05, 0.1) is 12.8 Å². The van der Waals surface area contributed by atoms with E-state index in [0.29, 0.717) is 17.5 Å². The summed E-state index contributed by atoms with van der Waals surface area (Å²) in [7, 11) is 1.64. The summed E-state index contributed by atoms with van der Waals surface area (Å²) < 4.78 is 5.35. The Morgan fingerprint density at radius 1 is 1.43 bits per heavy atom. The zero-order valence-electron chi connectivity index (χ0n) is 13.1. The number of carbonyl (C=O) groups is 1. The molecule has 23 heavy (non-hydrogen) atoms. The number of benzene rings is 1. The number of nitrogens with zero attached hydrogens (tertiary/aromatic N) is 1. The van der Waals surface area contributed by atoms with Crippen molar-refractivity contribution in [3.8, 4) is 17.0 Å². The normalized spacial score (nSPS) is 20.4. The van der Waals surface area contributed by atoms with E-state index in [9.17, 15) is 4.79 Å². The molecule has 122 valence electrons. The van der Waals surface area contributed by atoms with Crippen molar-refractivity contribution in [2.24, 2.45) is 11.7 Å². The summed E-state index contributed by atoms with van der Waals surface area (Å²) >= 11 is 1.42. The second-order valence-corrected chi connectivity index (χ2v) is 6.70. The highest BCUT2D eigenvalue weighted by molar-refractivity contribution is 7.14. The van der Waals surface area contributed by atoms with Crippen molar-refractivity contribution >= 4 is 22.4 Å². The largest absolute Gasteiger partial charge is 0.496 e. The summed E-state index contributed by atoms with van der Waals surface area (Å²) in [5.74, 6) is 1.06. The van der Waals surface area contributed by atoms with Crippen LogP contribution in [0, 0.1) is 5.92 Å². The summed E-state index contributed by atoms with van der Waals surface area (Å²) in [6, 6.07) is 7.87. The van der Waals surface area contributed by atoms with Gasteiger partial charge in [0, 0.05) is 23.4 Å². The summed E-state index contributed by atoms with van der Waals surface area (Å²) in [6.07, 6.45) is 3.66. The molecular formula is C17H21N3O2S. The zero-order valence-corrected chi connectivity index (χ0v) is 13.9. The van der Waals surface area contributed by atoms with E-state index in [1.165, 1.54) is 11.3 Å². The number of hydrogen-bond donors (Lipinski definition) is 2. The third kappa shape index (κ3) is 3.71. The highest BCUT2D eigenvalue weighted by Crippen LogP contribution is 2.32. The van der Waals surface area contributed by atoms with E-state index in [-0.39, 0.29) is 11.9 Å². The smallest absolute Gasteiger partial charge is 0.226 e. The van der Waals surface area contributed by atoms with E-state index >= 15 is 0 Å². The molecule has 6 heteroatoms. The number of rotatable bonds is 5. The van der Waals surface area contributed by atoms with Crippen LogP contribution in [0.15, 0.2) is 29.6 Å². The lowest BCUT2D eigenvalue weighted by Gasteiger charge is -2.13. The van der Waals surface area contributed by atoms with Crippen molar-refractivity contribution in [2.75, 3.05) is 12.4 Å². The molecule has 1 aromatic heterocycles. The minimum atomic E-state index is -0.00623. The average molecular weight is 331 g/mol. The predicted molar refractivity (Wildman–Crippen MR) is 92.7 cm³/mol. The van der Waals surface area contributed by atoms with Crippen LogP contribution in [-0.2, 0) is 4.79 Å². The number of nitrogens with one attached hydrogen (secondary N) is 1. The summed E-state index contributed by atoms with van der Waals surface area (Å²) in [5.41, 5.74) is 7.75. The number of nitrogens with two attached hydrogens (primary N) is 1. The molecule has 1 aliphatic carbocycles. The lowest BCUT2D eigenvalue weighted by Crippen LogP contribution is -2.28. The molecule has 0 spiro atoms. The zero-order chi connectivity index (χ0) is 16.2. The van der Waals surface area contributed by atoms with Crippen LogP contribution in [0.2, 0.25) is 0 Å². The first kappa shape index (κ1) is 16.0. The molecule has 3 N–H and O–H groups in total. The molecule has 2 atom stereocenters. The molecule has 0 radical (unpaired) electrons. The van der Waals surface area contributed by atoms with Gasteiger partial charge in [-0.1, -0.05) is 18.6 Å². The Morgan fingerprint density at radius 3 is 3.00 bits per heavy atom. The molecule has 1 aromatic carbocycles. The Labute approximate surface area is 139 Å². The number of para-hydroxylation sites is 1. The van der Waals surface area contributed by atoms with Gasteiger partial charge in [-0.3, -0.25) is 4.79 Å². The highest BCUT2D eigenvalue weighted by Gasteiger charge is 2.26. The van der Waals surface area contributed by atoms with Crippen LogP contribution in [0.4, 0.5) is 5.13 Å². The van der Waals surface area contributed by atoms with E-state index < -0.39 is 0 Å². The van der Waals surface area contributed by atoms with Crippen LogP contribution in [0.1, 0.15) is 25.7 Å². The minimum Gasteiger partial charge on any atom is -0.496 e. The second kappa shape index (κ2) is 7.10. The lowest BCUT2D eigenvalue weighted by molar-refractivity contribution is -0.117. The summed E-state index contributed by atoms with van der Waals surface area (Å²) in [4.78, 5) is 16.7. The summed E-state index contributed by atoms with van der Waals surface area (Å²) in [6.45, 7) is 0. The van der Waals surface area contributed by atoms with Crippen LogP contribution < -0.4 is 15.8 Å². The first-order valence-corrected chi connectivity index (χ1v) is 8.69. The van der Waals surface area contributed by atoms with Gasteiger partial charge in [-0.25, -0.2) is 4.98 Å². The van der Waals surface area contributed by atoms with Gasteiger partial charge < -0.3 is 15.8 Å². The Morgan fingerprint density at radius 2 is 2.26 bits per heavy atom. The summed E-state index contributed by atoms with van der Waals surface area (Å²) in [5, 5.41) is 5.43. The Hall–Kier alpha value is -1.92.